The van der Waals surface area contributed by atoms with Gasteiger partial charge in [0.2, 0.25) is 5.91 Å². The highest BCUT2D eigenvalue weighted by Crippen LogP contribution is 2.43. The van der Waals surface area contributed by atoms with Gasteiger partial charge in [0.05, 0.1) is 6.20 Å². The van der Waals surface area contributed by atoms with Gasteiger partial charge in [0.15, 0.2) is 0 Å². The van der Waals surface area contributed by atoms with Crippen LogP contribution in [0.3, 0.4) is 0 Å². The fourth-order valence-electron chi connectivity index (χ4n) is 4.13. The van der Waals surface area contributed by atoms with Crippen molar-refractivity contribution in [2.24, 2.45) is 13.0 Å². The fourth-order valence-corrected chi connectivity index (χ4v) is 4.13. The van der Waals surface area contributed by atoms with Gasteiger partial charge in [-0.1, -0.05) is 0 Å². The van der Waals surface area contributed by atoms with Crippen LogP contribution >= 0.6 is 0 Å². The molecular formula is C16H24N4O. The summed E-state index contributed by atoms with van der Waals surface area (Å²) in [5.74, 6) is 1.45. The molecule has 3 heterocycles. The molecule has 21 heavy (non-hydrogen) atoms. The van der Waals surface area contributed by atoms with E-state index < -0.39 is 0 Å². The normalized spacial score (nSPS) is 29.0. The smallest absolute Gasteiger partial charge is 0.221 e. The SMILES string of the molecule is Cn1cc([C@H]2CC(=O)NC23CCN(CC2CC2)CC3)cn1. The molecule has 1 aromatic heterocycles. The molecule has 3 fully saturated rings. The summed E-state index contributed by atoms with van der Waals surface area (Å²) in [6.07, 6.45) is 9.60. The Bertz CT molecular complexity index is 540. The molecule has 1 N–H and O–H groups in total. The summed E-state index contributed by atoms with van der Waals surface area (Å²) < 4.78 is 1.84. The molecule has 0 radical (unpaired) electrons. The molecule has 1 atom stereocenters. The first kappa shape index (κ1) is 13.3. The Labute approximate surface area is 125 Å². The highest BCUT2D eigenvalue weighted by Gasteiger charge is 2.49. The number of amides is 1. The second-order valence-corrected chi connectivity index (χ2v) is 7.15. The maximum Gasteiger partial charge on any atom is 0.221 e. The number of hydrogen-bond acceptors (Lipinski definition) is 3. The molecule has 5 heteroatoms. The van der Waals surface area contributed by atoms with Crippen LogP contribution in [0.4, 0.5) is 0 Å². The zero-order chi connectivity index (χ0) is 14.4. The van der Waals surface area contributed by atoms with Crippen molar-refractivity contribution in [3.05, 3.63) is 18.0 Å². The number of rotatable bonds is 3. The van der Waals surface area contributed by atoms with Gasteiger partial charge in [-0.25, -0.2) is 0 Å². The van der Waals surface area contributed by atoms with Crippen molar-refractivity contribution >= 4 is 5.91 Å². The van der Waals surface area contributed by atoms with Crippen LogP contribution in [0.25, 0.3) is 0 Å². The van der Waals surface area contributed by atoms with Gasteiger partial charge in [-0.15, -0.1) is 0 Å². The summed E-state index contributed by atoms with van der Waals surface area (Å²) in [5.41, 5.74) is 1.19. The van der Waals surface area contributed by atoms with Gasteiger partial charge < -0.3 is 10.2 Å². The van der Waals surface area contributed by atoms with Gasteiger partial charge >= 0.3 is 0 Å². The van der Waals surface area contributed by atoms with Crippen LogP contribution in [0.2, 0.25) is 0 Å². The number of carbonyl (C=O) groups is 1. The van der Waals surface area contributed by atoms with Crippen molar-refractivity contribution in [3.8, 4) is 0 Å². The lowest BCUT2D eigenvalue weighted by atomic mass is 9.75. The molecule has 2 saturated heterocycles. The molecule has 5 nitrogen and oxygen atoms in total. The maximum atomic E-state index is 12.0. The molecule has 1 amide bonds. The highest BCUT2D eigenvalue weighted by atomic mass is 16.2. The monoisotopic (exact) mass is 288 g/mol. The molecule has 0 bridgehead atoms. The molecule has 114 valence electrons. The fraction of sp³-hybridized carbons (Fsp3) is 0.750. The molecule has 1 aromatic rings. The average Bonchev–Trinajstić information content (AvgIpc) is 3.08. The Hall–Kier alpha value is -1.36. The first-order chi connectivity index (χ1) is 10.1. The largest absolute Gasteiger partial charge is 0.350 e. The van der Waals surface area contributed by atoms with E-state index in [1.54, 1.807) is 0 Å². The third-order valence-corrected chi connectivity index (χ3v) is 5.53. The van der Waals surface area contributed by atoms with E-state index in [-0.39, 0.29) is 11.4 Å². The third-order valence-electron chi connectivity index (χ3n) is 5.53. The van der Waals surface area contributed by atoms with Crippen LogP contribution in [0, 0.1) is 5.92 Å². The summed E-state index contributed by atoms with van der Waals surface area (Å²) in [6, 6.07) is 0. The number of carbonyl (C=O) groups excluding carboxylic acids is 1. The third kappa shape index (κ3) is 2.48. The Balaban J connectivity index is 1.50. The summed E-state index contributed by atoms with van der Waals surface area (Å²) >= 11 is 0. The van der Waals surface area contributed by atoms with Gasteiger partial charge in [0.25, 0.3) is 0 Å². The highest BCUT2D eigenvalue weighted by molar-refractivity contribution is 5.81. The predicted octanol–water partition coefficient (Wildman–Crippen LogP) is 1.27. The van der Waals surface area contributed by atoms with Crippen LogP contribution < -0.4 is 5.32 Å². The van der Waals surface area contributed by atoms with E-state index in [9.17, 15) is 4.79 Å². The summed E-state index contributed by atoms with van der Waals surface area (Å²) in [5, 5.41) is 7.61. The van der Waals surface area contributed by atoms with Crippen molar-refractivity contribution in [2.45, 2.75) is 43.6 Å². The van der Waals surface area contributed by atoms with Crippen molar-refractivity contribution in [2.75, 3.05) is 19.6 Å². The minimum atomic E-state index is -0.0276. The van der Waals surface area contributed by atoms with Crippen molar-refractivity contribution in [3.63, 3.8) is 0 Å². The maximum absolute atomic E-state index is 12.0. The molecular weight excluding hydrogens is 264 g/mol. The molecule has 0 unspecified atom stereocenters. The van der Waals surface area contributed by atoms with Crippen LogP contribution in [-0.4, -0.2) is 45.8 Å². The van der Waals surface area contributed by atoms with Crippen molar-refractivity contribution < 1.29 is 4.79 Å². The standard InChI is InChI=1S/C16H24N4O/c1-19-11-13(9-17-19)14-8-15(21)18-16(14)4-6-20(7-5-16)10-12-2-3-12/h9,11-12,14H,2-8,10H2,1H3,(H,18,21)/t14-/m1/s1. The number of nitrogens with one attached hydrogen (secondary N) is 1. The number of aromatic nitrogens is 2. The van der Waals surface area contributed by atoms with E-state index in [4.69, 9.17) is 0 Å². The number of nitrogens with zero attached hydrogens (tertiary/aromatic N) is 3. The van der Waals surface area contributed by atoms with Crippen LogP contribution in [0.15, 0.2) is 12.4 Å². The van der Waals surface area contributed by atoms with E-state index in [1.165, 1.54) is 24.9 Å². The zero-order valence-electron chi connectivity index (χ0n) is 12.7. The van der Waals surface area contributed by atoms with Crippen molar-refractivity contribution in [1.29, 1.82) is 0 Å². The molecule has 1 saturated carbocycles. The lowest BCUT2D eigenvalue weighted by Crippen LogP contribution is -2.53. The lowest BCUT2D eigenvalue weighted by Gasteiger charge is -2.42. The van der Waals surface area contributed by atoms with Gasteiger partial charge in [-0.3, -0.25) is 9.48 Å². The summed E-state index contributed by atoms with van der Waals surface area (Å²) in [4.78, 5) is 14.6. The number of aryl methyl sites for hydroxylation is 1. The quantitative estimate of drug-likeness (QED) is 0.911. The molecule has 1 aliphatic carbocycles. The minimum Gasteiger partial charge on any atom is -0.350 e. The Morgan fingerprint density at radius 1 is 1.38 bits per heavy atom. The van der Waals surface area contributed by atoms with E-state index in [0.717, 1.165) is 31.8 Å². The first-order valence-corrected chi connectivity index (χ1v) is 8.16. The molecule has 3 aliphatic rings. The topological polar surface area (TPSA) is 50.2 Å². The summed E-state index contributed by atoms with van der Waals surface area (Å²) in [7, 11) is 1.94. The molecule has 1 spiro atoms. The average molecular weight is 288 g/mol. The Morgan fingerprint density at radius 3 is 2.76 bits per heavy atom. The van der Waals surface area contributed by atoms with Gasteiger partial charge in [0.1, 0.15) is 0 Å². The zero-order valence-corrected chi connectivity index (χ0v) is 12.7. The first-order valence-electron chi connectivity index (χ1n) is 8.16. The second kappa shape index (κ2) is 4.83. The summed E-state index contributed by atoms with van der Waals surface area (Å²) in [6.45, 7) is 3.50. The number of piperidine rings is 1. The minimum absolute atomic E-state index is 0.0276. The molecule has 0 aromatic carbocycles. The second-order valence-electron chi connectivity index (χ2n) is 7.15. The van der Waals surface area contributed by atoms with Gasteiger partial charge in [-0.2, -0.15) is 5.10 Å². The van der Waals surface area contributed by atoms with Gasteiger partial charge in [-0.05, 0) is 37.2 Å². The van der Waals surface area contributed by atoms with Crippen LogP contribution in [-0.2, 0) is 11.8 Å². The van der Waals surface area contributed by atoms with Gasteiger partial charge in [0, 0.05) is 50.8 Å². The van der Waals surface area contributed by atoms with E-state index >= 15 is 0 Å². The van der Waals surface area contributed by atoms with Crippen LogP contribution in [0.1, 0.15) is 43.6 Å². The van der Waals surface area contributed by atoms with Crippen molar-refractivity contribution in [1.82, 2.24) is 20.0 Å². The van der Waals surface area contributed by atoms with Crippen LogP contribution in [0.5, 0.6) is 0 Å². The van der Waals surface area contributed by atoms with E-state index in [1.807, 2.05) is 17.9 Å². The Morgan fingerprint density at radius 2 is 2.14 bits per heavy atom. The predicted molar refractivity (Wildman–Crippen MR) is 79.8 cm³/mol. The molecule has 4 rings (SSSR count). The Kier molecular flexibility index (Phi) is 3.06. The number of hydrogen-bond donors (Lipinski definition) is 1. The lowest BCUT2D eigenvalue weighted by molar-refractivity contribution is -0.120. The van der Waals surface area contributed by atoms with E-state index in [0.29, 0.717) is 12.3 Å². The molecule has 2 aliphatic heterocycles. The van der Waals surface area contributed by atoms with E-state index in [2.05, 4.69) is 21.5 Å². The number of likely N-dealkylation sites (tertiary alicyclic amines) is 1.